The van der Waals surface area contributed by atoms with Crippen molar-refractivity contribution in [3.63, 3.8) is 0 Å². The Morgan fingerprint density at radius 3 is 1.44 bits per heavy atom. The molecule has 1 rings (SSSR count). The van der Waals surface area contributed by atoms with Gasteiger partial charge in [-0.2, -0.15) is 0 Å². The summed E-state index contributed by atoms with van der Waals surface area (Å²) in [4.78, 5) is 70.4. The number of unbranched alkanes of at least 4 members (excludes halogenated alkanes) is 13. The zero-order valence-corrected chi connectivity index (χ0v) is 35.4. The van der Waals surface area contributed by atoms with Crippen LogP contribution in [0.3, 0.4) is 0 Å². The first-order valence-corrected chi connectivity index (χ1v) is 21.5. The molecule has 0 saturated carbocycles. The molecular formula is C43H72N4O12. The van der Waals surface area contributed by atoms with E-state index in [1.165, 1.54) is 44.9 Å². The molecule has 336 valence electrons. The maximum atomic E-state index is 12.3. The van der Waals surface area contributed by atoms with Crippen molar-refractivity contribution in [3.8, 4) is 0 Å². The molecule has 0 aromatic heterocycles. The number of hydrogen-bond donors (Lipinski definition) is 6. The Balaban J connectivity index is 1.90. The van der Waals surface area contributed by atoms with Gasteiger partial charge < -0.3 is 50.4 Å². The smallest absolute Gasteiger partial charge is 0.326 e. The summed E-state index contributed by atoms with van der Waals surface area (Å²) in [6.07, 6.45) is 15.5. The van der Waals surface area contributed by atoms with Gasteiger partial charge in [0.1, 0.15) is 19.3 Å². The fourth-order valence-corrected chi connectivity index (χ4v) is 5.87. The third-order valence-corrected chi connectivity index (χ3v) is 9.30. The molecule has 0 radical (unpaired) electrons. The SMILES string of the molecule is Cc1ccc(CNC(=O)COCCOCCNC(=O)COCCOCCNC(=O)CC[C@H](NC(=O)CCCCCCCCCCCCCCCCC(=O)O)C(=O)O)cc1. The molecule has 1 aromatic carbocycles. The Kier molecular flexibility index (Phi) is 33.1. The predicted molar refractivity (Wildman–Crippen MR) is 223 cm³/mol. The molecule has 0 fully saturated rings. The number of aliphatic carboxylic acids is 2. The number of rotatable bonds is 40. The summed E-state index contributed by atoms with van der Waals surface area (Å²) in [5, 5.41) is 28.8. The van der Waals surface area contributed by atoms with Crippen LogP contribution >= 0.6 is 0 Å². The van der Waals surface area contributed by atoms with E-state index in [2.05, 4.69) is 21.3 Å². The summed E-state index contributed by atoms with van der Waals surface area (Å²) in [5.74, 6) is -3.08. The Bertz CT molecular complexity index is 1300. The second kappa shape index (κ2) is 36.9. The highest BCUT2D eigenvalue weighted by molar-refractivity contribution is 5.84. The highest BCUT2D eigenvalue weighted by atomic mass is 16.5. The molecule has 16 nitrogen and oxygen atoms in total. The van der Waals surface area contributed by atoms with Gasteiger partial charge in [-0.1, -0.05) is 107 Å². The number of aryl methyl sites for hydroxylation is 1. The van der Waals surface area contributed by atoms with Crippen LogP contribution in [0.2, 0.25) is 0 Å². The van der Waals surface area contributed by atoms with Crippen molar-refractivity contribution in [1.82, 2.24) is 21.3 Å². The van der Waals surface area contributed by atoms with Gasteiger partial charge in [0, 0.05) is 38.9 Å². The van der Waals surface area contributed by atoms with Crippen molar-refractivity contribution in [2.75, 3.05) is 65.9 Å². The summed E-state index contributed by atoms with van der Waals surface area (Å²) < 4.78 is 21.4. The van der Waals surface area contributed by atoms with Gasteiger partial charge in [-0.15, -0.1) is 0 Å². The number of carbonyl (C=O) groups excluding carboxylic acids is 4. The Hall–Kier alpha value is -4.12. The lowest BCUT2D eigenvalue weighted by atomic mass is 10.0. The number of benzene rings is 1. The average molecular weight is 837 g/mol. The quantitative estimate of drug-likeness (QED) is 0.0500. The van der Waals surface area contributed by atoms with Gasteiger partial charge in [0.15, 0.2) is 0 Å². The molecule has 0 bridgehead atoms. The van der Waals surface area contributed by atoms with Gasteiger partial charge in [-0.25, -0.2) is 4.79 Å². The van der Waals surface area contributed by atoms with Crippen LogP contribution in [0.4, 0.5) is 0 Å². The minimum Gasteiger partial charge on any atom is -0.481 e. The lowest BCUT2D eigenvalue weighted by Crippen LogP contribution is -2.41. The van der Waals surface area contributed by atoms with E-state index in [-0.39, 0.29) is 109 Å². The second-order valence-corrected chi connectivity index (χ2v) is 14.6. The molecule has 1 aromatic rings. The van der Waals surface area contributed by atoms with Gasteiger partial charge >= 0.3 is 11.9 Å². The molecule has 6 N–H and O–H groups in total. The van der Waals surface area contributed by atoms with Crippen LogP contribution in [0.25, 0.3) is 0 Å². The van der Waals surface area contributed by atoms with Crippen molar-refractivity contribution in [2.24, 2.45) is 0 Å². The van der Waals surface area contributed by atoms with Crippen molar-refractivity contribution < 1.29 is 57.9 Å². The minimum atomic E-state index is -1.18. The molecule has 0 spiro atoms. The van der Waals surface area contributed by atoms with E-state index in [0.29, 0.717) is 19.5 Å². The molecule has 16 heteroatoms. The van der Waals surface area contributed by atoms with Gasteiger partial charge in [0.05, 0.1) is 39.6 Å². The first-order valence-electron chi connectivity index (χ1n) is 21.5. The van der Waals surface area contributed by atoms with E-state index in [9.17, 15) is 33.9 Å². The molecule has 0 unspecified atom stereocenters. The summed E-state index contributed by atoms with van der Waals surface area (Å²) >= 11 is 0. The summed E-state index contributed by atoms with van der Waals surface area (Å²) in [7, 11) is 0. The number of nitrogens with one attached hydrogen (secondary N) is 4. The molecule has 0 aliphatic heterocycles. The average Bonchev–Trinajstić information content (AvgIpc) is 3.20. The second-order valence-electron chi connectivity index (χ2n) is 14.6. The van der Waals surface area contributed by atoms with E-state index in [1.54, 1.807) is 0 Å². The molecule has 0 aliphatic carbocycles. The number of ether oxygens (including phenoxy) is 4. The van der Waals surface area contributed by atoms with Gasteiger partial charge in [-0.05, 0) is 31.7 Å². The van der Waals surface area contributed by atoms with E-state index in [4.69, 9.17) is 24.1 Å². The standard InChI is InChI=1S/C43H72N4O12/c1-35-18-20-36(21-19-35)32-46-41(51)34-59-31-29-57-27-25-45-40(50)33-58-30-28-56-26-24-44-38(48)23-22-37(43(54)55)47-39(49)16-14-12-10-8-6-4-2-3-5-7-9-11-13-15-17-42(52)53/h18-21,37H,2-17,22-34H2,1H3,(H,44,48)(H,45,50)(H,46,51)(H,47,49)(H,52,53)(H,54,55)/t37-/m0/s1. The molecule has 0 saturated heterocycles. The monoisotopic (exact) mass is 837 g/mol. The highest BCUT2D eigenvalue weighted by Crippen LogP contribution is 2.14. The van der Waals surface area contributed by atoms with E-state index in [0.717, 1.165) is 49.7 Å². The maximum Gasteiger partial charge on any atom is 0.326 e. The molecule has 59 heavy (non-hydrogen) atoms. The van der Waals surface area contributed by atoms with Crippen molar-refractivity contribution in [2.45, 2.75) is 135 Å². The third-order valence-electron chi connectivity index (χ3n) is 9.30. The minimum absolute atomic E-state index is 0.0210. The zero-order valence-electron chi connectivity index (χ0n) is 35.4. The fraction of sp³-hybridized carbons (Fsp3) is 0.721. The first-order chi connectivity index (χ1) is 28.6. The van der Waals surface area contributed by atoms with Crippen molar-refractivity contribution in [1.29, 1.82) is 0 Å². The van der Waals surface area contributed by atoms with E-state index in [1.807, 2.05) is 31.2 Å². The normalized spacial score (nSPS) is 11.5. The maximum absolute atomic E-state index is 12.3. The van der Waals surface area contributed by atoms with Crippen molar-refractivity contribution in [3.05, 3.63) is 35.4 Å². The lowest BCUT2D eigenvalue weighted by molar-refractivity contribution is -0.142. The van der Waals surface area contributed by atoms with Gasteiger partial charge in [0.25, 0.3) is 0 Å². The van der Waals surface area contributed by atoms with Crippen LogP contribution in [-0.4, -0.2) is 118 Å². The fourth-order valence-electron chi connectivity index (χ4n) is 5.87. The number of carboxylic acids is 2. The highest BCUT2D eigenvalue weighted by Gasteiger charge is 2.20. The van der Waals surface area contributed by atoms with Crippen LogP contribution in [-0.2, 0) is 54.3 Å². The third kappa shape index (κ3) is 34.5. The van der Waals surface area contributed by atoms with E-state index < -0.39 is 18.0 Å². The summed E-state index contributed by atoms with van der Waals surface area (Å²) in [5.41, 5.74) is 2.17. The largest absolute Gasteiger partial charge is 0.481 e. The van der Waals surface area contributed by atoms with Crippen LogP contribution in [0, 0.1) is 6.92 Å². The summed E-state index contributed by atoms with van der Waals surface area (Å²) in [6, 6.07) is 6.77. The van der Waals surface area contributed by atoms with Crippen LogP contribution in [0.1, 0.15) is 127 Å². The Morgan fingerprint density at radius 1 is 0.508 bits per heavy atom. The number of hydrogen-bond acceptors (Lipinski definition) is 10. The number of amides is 4. The Labute approximate surface area is 350 Å². The first kappa shape index (κ1) is 52.9. The summed E-state index contributed by atoms with van der Waals surface area (Å²) in [6.45, 7) is 4.15. The Morgan fingerprint density at radius 2 is 0.949 bits per heavy atom. The molecule has 4 amide bonds. The lowest BCUT2D eigenvalue weighted by Gasteiger charge is -2.14. The van der Waals surface area contributed by atoms with Crippen molar-refractivity contribution >= 4 is 35.6 Å². The van der Waals surface area contributed by atoms with Crippen LogP contribution < -0.4 is 21.3 Å². The zero-order chi connectivity index (χ0) is 43.2. The number of carbonyl (C=O) groups is 6. The molecule has 0 heterocycles. The molecular weight excluding hydrogens is 764 g/mol. The topological polar surface area (TPSA) is 228 Å². The number of carboxylic acid groups (broad SMARTS) is 2. The molecule has 1 atom stereocenters. The van der Waals surface area contributed by atoms with Gasteiger partial charge in [0.2, 0.25) is 23.6 Å². The van der Waals surface area contributed by atoms with Crippen LogP contribution in [0.15, 0.2) is 24.3 Å². The predicted octanol–water partition coefficient (Wildman–Crippen LogP) is 4.59. The van der Waals surface area contributed by atoms with E-state index >= 15 is 0 Å². The van der Waals surface area contributed by atoms with Crippen LogP contribution in [0.5, 0.6) is 0 Å². The van der Waals surface area contributed by atoms with Gasteiger partial charge in [-0.3, -0.25) is 24.0 Å². The molecule has 0 aliphatic rings.